The number of rotatable bonds is 5. The van der Waals surface area contributed by atoms with Gasteiger partial charge < -0.3 is 9.64 Å². The molecule has 2 aromatic carbocycles. The van der Waals surface area contributed by atoms with Gasteiger partial charge in [-0.25, -0.2) is 4.98 Å². The molecule has 4 rings (SSSR count). The third kappa shape index (κ3) is 3.66. The maximum Gasteiger partial charge on any atom is 0.233 e. The van der Waals surface area contributed by atoms with Gasteiger partial charge in [-0.05, 0) is 46.1 Å². The van der Waals surface area contributed by atoms with Crippen LogP contribution < -0.4 is 9.64 Å². The molecule has 132 valence electrons. The third-order valence-electron chi connectivity index (χ3n) is 4.28. The van der Waals surface area contributed by atoms with Gasteiger partial charge in [0.15, 0.2) is 0 Å². The lowest BCUT2D eigenvalue weighted by Gasteiger charge is -2.18. The second-order valence-electron chi connectivity index (χ2n) is 6.05. The molecule has 1 aromatic heterocycles. The fraction of sp³-hybridized carbons (Fsp3) is 0.200. The number of benzene rings is 2. The number of carbonyl (C=O) groups excluding carboxylic acids is 1. The molecule has 4 nitrogen and oxygen atoms in total. The van der Waals surface area contributed by atoms with E-state index in [0.717, 1.165) is 39.6 Å². The van der Waals surface area contributed by atoms with Crippen LogP contribution in [0.5, 0.6) is 5.75 Å². The highest BCUT2D eigenvalue weighted by molar-refractivity contribution is 9.10. The highest BCUT2D eigenvalue weighted by Gasteiger charge is 2.27. The maximum atomic E-state index is 12.8. The lowest BCUT2D eigenvalue weighted by atomic mass is 10.2. The van der Waals surface area contributed by atoms with E-state index in [1.807, 2.05) is 52.7 Å². The Morgan fingerprint density at radius 2 is 2.04 bits per heavy atom. The maximum absolute atomic E-state index is 12.8. The monoisotopic (exact) mass is 428 g/mol. The summed E-state index contributed by atoms with van der Waals surface area (Å²) in [6.45, 7) is 1.14. The smallest absolute Gasteiger partial charge is 0.233 e. The minimum absolute atomic E-state index is 0.0801. The van der Waals surface area contributed by atoms with Crippen molar-refractivity contribution in [2.24, 2.45) is 0 Å². The van der Waals surface area contributed by atoms with Crippen LogP contribution in [0.2, 0.25) is 0 Å². The minimum atomic E-state index is 0.0801. The number of ether oxygens (including phenoxy) is 1. The quantitative estimate of drug-likeness (QED) is 0.595. The van der Waals surface area contributed by atoms with Crippen LogP contribution in [0.4, 0.5) is 5.69 Å². The summed E-state index contributed by atoms with van der Waals surface area (Å²) in [5.41, 5.74) is 3.01. The van der Waals surface area contributed by atoms with Crippen LogP contribution in [0.1, 0.15) is 16.3 Å². The topological polar surface area (TPSA) is 42.4 Å². The Labute approximate surface area is 164 Å². The van der Waals surface area contributed by atoms with E-state index in [1.165, 1.54) is 16.9 Å². The molecule has 0 aliphatic carbocycles. The Bertz CT molecular complexity index is 927. The van der Waals surface area contributed by atoms with Gasteiger partial charge in [0.05, 0.1) is 17.8 Å². The summed E-state index contributed by atoms with van der Waals surface area (Å²) < 4.78 is 6.69. The van der Waals surface area contributed by atoms with Gasteiger partial charge in [-0.3, -0.25) is 4.79 Å². The largest absolute Gasteiger partial charge is 0.486 e. The van der Waals surface area contributed by atoms with E-state index in [-0.39, 0.29) is 5.91 Å². The molecule has 0 saturated heterocycles. The number of anilines is 1. The van der Waals surface area contributed by atoms with E-state index < -0.39 is 0 Å². The summed E-state index contributed by atoms with van der Waals surface area (Å²) in [6, 6.07) is 15.7. The van der Waals surface area contributed by atoms with Crippen molar-refractivity contribution in [3.63, 3.8) is 0 Å². The standard InChI is InChI=1S/C20H17BrN2O2S/c21-17-8-4-5-14-9-10-23(20(14)17)19(24)11-15-13-26-18(22-15)12-25-16-6-2-1-3-7-16/h1-8,13H,9-12H2. The van der Waals surface area contributed by atoms with Crippen molar-refractivity contribution >= 4 is 38.9 Å². The van der Waals surface area contributed by atoms with E-state index >= 15 is 0 Å². The SMILES string of the molecule is O=C(Cc1csc(COc2ccccc2)n1)N1CCc2cccc(Br)c21. The molecule has 1 aliphatic rings. The Morgan fingerprint density at radius 3 is 2.88 bits per heavy atom. The van der Waals surface area contributed by atoms with E-state index in [0.29, 0.717) is 13.0 Å². The highest BCUT2D eigenvalue weighted by Crippen LogP contribution is 2.35. The van der Waals surface area contributed by atoms with Crippen LogP contribution >= 0.6 is 27.3 Å². The zero-order chi connectivity index (χ0) is 17.9. The molecule has 2 heterocycles. The average molecular weight is 429 g/mol. The zero-order valence-corrected chi connectivity index (χ0v) is 16.4. The Balaban J connectivity index is 1.40. The second kappa shape index (κ2) is 7.60. The van der Waals surface area contributed by atoms with Crippen molar-refractivity contribution in [3.05, 3.63) is 74.6 Å². The van der Waals surface area contributed by atoms with Crippen molar-refractivity contribution in [1.29, 1.82) is 0 Å². The van der Waals surface area contributed by atoms with Crippen molar-refractivity contribution in [2.45, 2.75) is 19.4 Å². The number of amides is 1. The Morgan fingerprint density at radius 1 is 1.19 bits per heavy atom. The molecule has 1 amide bonds. The van der Waals surface area contributed by atoms with E-state index in [2.05, 4.69) is 27.0 Å². The van der Waals surface area contributed by atoms with Gasteiger partial charge in [-0.15, -0.1) is 11.3 Å². The number of hydrogen-bond donors (Lipinski definition) is 0. The molecule has 0 unspecified atom stereocenters. The number of fused-ring (bicyclic) bond motifs is 1. The lowest BCUT2D eigenvalue weighted by molar-refractivity contribution is -0.117. The number of halogens is 1. The van der Waals surface area contributed by atoms with Crippen LogP contribution in [0, 0.1) is 0 Å². The van der Waals surface area contributed by atoms with Gasteiger partial charge in [0.1, 0.15) is 17.4 Å². The van der Waals surface area contributed by atoms with Gasteiger partial charge in [0.2, 0.25) is 5.91 Å². The molecule has 0 N–H and O–H groups in total. The summed E-state index contributed by atoms with van der Waals surface area (Å²) in [4.78, 5) is 19.2. The number of aromatic nitrogens is 1. The predicted molar refractivity (Wildman–Crippen MR) is 107 cm³/mol. The highest BCUT2D eigenvalue weighted by atomic mass is 79.9. The molecule has 0 atom stereocenters. The van der Waals surface area contributed by atoms with Gasteiger partial charge in [-0.2, -0.15) is 0 Å². The van der Waals surface area contributed by atoms with E-state index in [1.54, 1.807) is 0 Å². The third-order valence-corrected chi connectivity index (χ3v) is 5.79. The molecule has 0 radical (unpaired) electrons. The summed E-state index contributed by atoms with van der Waals surface area (Å²) in [5, 5.41) is 2.82. The molecule has 3 aromatic rings. The molecule has 0 fully saturated rings. The summed E-state index contributed by atoms with van der Waals surface area (Å²) >= 11 is 5.09. The Kier molecular flexibility index (Phi) is 5.04. The molecular formula is C20H17BrN2O2S. The number of para-hydroxylation sites is 2. The van der Waals surface area contributed by atoms with E-state index in [4.69, 9.17) is 4.74 Å². The fourth-order valence-electron chi connectivity index (χ4n) is 3.07. The summed E-state index contributed by atoms with van der Waals surface area (Å²) in [5.74, 6) is 0.898. The first kappa shape index (κ1) is 17.2. The average Bonchev–Trinajstić information content (AvgIpc) is 3.28. The first-order valence-corrected chi connectivity index (χ1v) is 10.1. The van der Waals surface area contributed by atoms with Gasteiger partial charge in [-0.1, -0.05) is 30.3 Å². The van der Waals surface area contributed by atoms with Crippen LogP contribution in [-0.2, 0) is 24.2 Å². The minimum Gasteiger partial charge on any atom is -0.486 e. The van der Waals surface area contributed by atoms with E-state index in [9.17, 15) is 4.79 Å². The lowest BCUT2D eigenvalue weighted by Crippen LogP contribution is -2.30. The number of thiazole rings is 1. The Hall–Kier alpha value is -2.18. The van der Waals surface area contributed by atoms with Gasteiger partial charge in [0, 0.05) is 16.4 Å². The molecule has 6 heteroatoms. The van der Waals surface area contributed by atoms with Crippen molar-refractivity contribution in [3.8, 4) is 5.75 Å². The first-order chi connectivity index (χ1) is 12.7. The van der Waals surface area contributed by atoms with Crippen molar-refractivity contribution < 1.29 is 9.53 Å². The molecule has 0 bridgehead atoms. The molecular weight excluding hydrogens is 412 g/mol. The van der Waals surface area contributed by atoms with Crippen molar-refractivity contribution in [1.82, 2.24) is 4.98 Å². The molecule has 1 aliphatic heterocycles. The normalized spacial score (nSPS) is 12.9. The summed E-state index contributed by atoms with van der Waals surface area (Å²) in [7, 11) is 0. The van der Waals surface area contributed by atoms with Crippen LogP contribution in [0.3, 0.4) is 0 Å². The van der Waals surface area contributed by atoms with Crippen molar-refractivity contribution in [2.75, 3.05) is 11.4 Å². The van der Waals surface area contributed by atoms with Gasteiger partial charge in [0.25, 0.3) is 0 Å². The number of nitrogens with zero attached hydrogens (tertiary/aromatic N) is 2. The van der Waals surface area contributed by atoms with Crippen LogP contribution in [0.25, 0.3) is 0 Å². The summed E-state index contributed by atoms with van der Waals surface area (Å²) in [6.07, 6.45) is 1.20. The molecule has 0 spiro atoms. The number of carbonyl (C=O) groups is 1. The van der Waals surface area contributed by atoms with Crippen LogP contribution in [0.15, 0.2) is 58.4 Å². The molecule has 26 heavy (non-hydrogen) atoms. The predicted octanol–water partition coefficient (Wildman–Crippen LogP) is 4.62. The second-order valence-corrected chi connectivity index (χ2v) is 7.85. The first-order valence-electron chi connectivity index (χ1n) is 8.39. The molecule has 0 saturated carbocycles. The van der Waals surface area contributed by atoms with Crippen LogP contribution in [-0.4, -0.2) is 17.4 Å². The zero-order valence-electron chi connectivity index (χ0n) is 14.0. The van der Waals surface area contributed by atoms with Gasteiger partial charge >= 0.3 is 0 Å². The number of hydrogen-bond acceptors (Lipinski definition) is 4. The fourth-order valence-corrected chi connectivity index (χ4v) is 4.39.